The Morgan fingerprint density at radius 3 is 2.05 bits per heavy atom. The fourth-order valence-corrected chi connectivity index (χ4v) is 4.70. The predicted molar refractivity (Wildman–Crippen MR) is 137 cm³/mol. The number of carboxylic acid groups (broad SMARTS) is 1. The smallest absolute Gasteiger partial charge is 0.407 e. The highest BCUT2D eigenvalue weighted by atomic mass is 19.3. The van der Waals surface area contributed by atoms with Crippen LogP contribution >= 0.6 is 0 Å². The lowest BCUT2D eigenvalue weighted by atomic mass is 9.98. The third-order valence-electron chi connectivity index (χ3n) is 6.47. The van der Waals surface area contributed by atoms with E-state index in [1.54, 1.807) is 30.3 Å². The quantitative estimate of drug-likeness (QED) is 0.367. The van der Waals surface area contributed by atoms with Gasteiger partial charge in [-0.1, -0.05) is 78.9 Å². The van der Waals surface area contributed by atoms with Crippen LogP contribution < -0.4 is 5.32 Å². The van der Waals surface area contributed by atoms with Crippen LogP contribution in [0.4, 0.5) is 13.6 Å². The summed E-state index contributed by atoms with van der Waals surface area (Å²) >= 11 is 0. The summed E-state index contributed by atoms with van der Waals surface area (Å²) in [5.41, 5.74) is 4.76. The summed E-state index contributed by atoms with van der Waals surface area (Å²) in [6.07, 6.45) is -5.17. The van der Waals surface area contributed by atoms with Gasteiger partial charge in [-0.2, -0.15) is 0 Å². The van der Waals surface area contributed by atoms with E-state index in [9.17, 15) is 23.2 Å². The van der Waals surface area contributed by atoms with Gasteiger partial charge in [0.15, 0.2) is 0 Å². The molecule has 1 atom stereocenters. The summed E-state index contributed by atoms with van der Waals surface area (Å²) in [7, 11) is 0. The van der Waals surface area contributed by atoms with E-state index in [0.717, 1.165) is 22.3 Å². The Labute approximate surface area is 219 Å². The molecule has 0 heterocycles. The molecule has 3 aromatic rings. The van der Waals surface area contributed by atoms with Crippen LogP contribution in [0.5, 0.6) is 0 Å². The molecule has 0 saturated heterocycles. The minimum Gasteiger partial charge on any atom is -0.481 e. The fraction of sp³-hybridized carbons (Fsp3) is 0.276. The Balaban J connectivity index is 1.46. The normalized spacial score (nSPS) is 12.9. The molecule has 0 saturated carbocycles. The number of carboxylic acids is 1. The highest BCUT2D eigenvalue weighted by molar-refractivity contribution is 5.86. The number of fused-ring (bicyclic) bond motifs is 3. The Bertz CT molecular complexity index is 1240. The van der Waals surface area contributed by atoms with Gasteiger partial charge in [-0.3, -0.25) is 9.59 Å². The van der Waals surface area contributed by atoms with Crippen molar-refractivity contribution >= 4 is 18.0 Å². The molecule has 1 aliphatic rings. The molecule has 0 radical (unpaired) electrons. The average molecular weight is 523 g/mol. The predicted octanol–water partition coefficient (Wildman–Crippen LogP) is 5.05. The third kappa shape index (κ3) is 6.53. The van der Waals surface area contributed by atoms with E-state index in [1.165, 1.54) is 4.90 Å². The van der Waals surface area contributed by atoms with Crippen LogP contribution in [-0.4, -0.2) is 53.6 Å². The minimum absolute atomic E-state index is 0.0130. The van der Waals surface area contributed by atoms with E-state index in [-0.39, 0.29) is 32.0 Å². The number of rotatable bonds is 11. The summed E-state index contributed by atoms with van der Waals surface area (Å²) in [4.78, 5) is 38.3. The van der Waals surface area contributed by atoms with E-state index in [1.807, 2.05) is 48.5 Å². The molecule has 0 spiro atoms. The molecule has 0 bridgehead atoms. The molecule has 1 aliphatic carbocycles. The van der Waals surface area contributed by atoms with E-state index in [0.29, 0.717) is 5.56 Å². The summed E-state index contributed by atoms with van der Waals surface area (Å²) in [6, 6.07) is 22.7. The largest absolute Gasteiger partial charge is 0.481 e. The number of aliphatic carboxylic acids is 1. The molecule has 3 aromatic carbocycles. The molecule has 7 nitrogen and oxygen atoms in total. The lowest BCUT2D eigenvalue weighted by Crippen LogP contribution is -2.50. The summed E-state index contributed by atoms with van der Waals surface area (Å²) in [5, 5.41) is 11.4. The second kappa shape index (κ2) is 12.3. The first-order valence-corrected chi connectivity index (χ1v) is 12.3. The first-order valence-electron chi connectivity index (χ1n) is 12.3. The summed E-state index contributed by atoms with van der Waals surface area (Å²) < 4.78 is 32.2. The van der Waals surface area contributed by atoms with Crippen molar-refractivity contribution in [3.8, 4) is 11.1 Å². The van der Waals surface area contributed by atoms with E-state index >= 15 is 0 Å². The van der Waals surface area contributed by atoms with Crippen LogP contribution in [0.2, 0.25) is 0 Å². The van der Waals surface area contributed by atoms with Crippen LogP contribution in [0.25, 0.3) is 11.1 Å². The summed E-state index contributed by atoms with van der Waals surface area (Å²) in [6.45, 7) is -0.226. The standard InChI is InChI=1S/C29H28F2N2O5/c30-26(31)16-25(28(36)33(15-14-27(34)35)17-19-8-2-1-3-9-19)32-29(37)38-18-24-22-12-6-4-10-20(22)21-11-5-7-13-23(21)24/h1-13,24-26H,14-18H2,(H,32,37)(H,34,35). The second-order valence-corrected chi connectivity index (χ2v) is 9.04. The van der Waals surface area contributed by atoms with E-state index in [2.05, 4.69) is 5.32 Å². The maximum atomic E-state index is 13.4. The van der Waals surface area contributed by atoms with Gasteiger partial charge < -0.3 is 20.1 Å². The van der Waals surface area contributed by atoms with Crippen molar-refractivity contribution in [3.05, 3.63) is 95.6 Å². The zero-order valence-electron chi connectivity index (χ0n) is 20.6. The van der Waals surface area contributed by atoms with Crippen molar-refractivity contribution < 1.29 is 33.0 Å². The first-order chi connectivity index (χ1) is 18.3. The SMILES string of the molecule is O=C(O)CCN(Cc1ccccc1)C(=O)C(CC(F)F)NC(=O)OCC1c2ccccc2-c2ccccc21. The lowest BCUT2D eigenvalue weighted by Gasteiger charge is -2.27. The number of benzene rings is 3. The van der Waals surface area contributed by atoms with Crippen molar-refractivity contribution in [2.45, 2.75) is 37.8 Å². The Kier molecular flexibility index (Phi) is 8.68. The molecule has 4 rings (SSSR count). The number of nitrogens with one attached hydrogen (secondary N) is 1. The number of carbonyl (C=O) groups is 3. The van der Waals surface area contributed by atoms with E-state index in [4.69, 9.17) is 9.84 Å². The second-order valence-electron chi connectivity index (χ2n) is 9.04. The molecule has 198 valence electrons. The fourth-order valence-electron chi connectivity index (χ4n) is 4.70. The van der Waals surface area contributed by atoms with Gasteiger partial charge in [-0.15, -0.1) is 0 Å². The van der Waals surface area contributed by atoms with Crippen LogP contribution in [0.3, 0.4) is 0 Å². The van der Waals surface area contributed by atoms with Gasteiger partial charge in [0, 0.05) is 25.4 Å². The number of alkyl halides is 2. The average Bonchev–Trinajstić information content (AvgIpc) is 3.23. The molecule has 0 aliphatic heterocycles. The zero-order chi connectivity index (χ0) is 27.1. The Hall–Kier alpha value is -4.27. The molecule has 2 amide bonds. The Morgan fingerprint density at radius 2 is 1.47 bits per heavy atom. The number of alkyl carbamates (subject to hydrolysis) is 1. The maximum absolute atomic E-state index is 13.4. The molecular weight excluding hydrogens is 494 g/mol. The van der Waals surface area contributed by atoms with Gasteiger partial charge in [0.2, 0.25) is 12.3 Å². The van der Waals surface area contributed by atoms with Crippen molar-refractivity contribution in [2.24, 2.45) is 0 Å². The van der Waals surface area contributed by atoms with Crippen LogP contribution in [-0.2, 0) is 20.9 Å². The van der Waals surface area contributed by atoms with Crippen LogP contribution in [0, 0.1) is 0 Å². The number of halogens is 2. The zero-order valence-corrected chi connectivity index (χ0v) is 20.6. The highest BCUT2D eigenvalue weighted by Crippen LogP contribution is 2.44. The highest BCUT2D eigenvalue weighted by Gasteiger charge is 2.32. The molecule has 2 N–H and O–H groups in total. The van der Waals surface area contributed by atoms with Gasteiger partial charge in [0.1, 0.15) is 12.6 Å². The topological polar surface area (TPSA) is 95.9 Å². The van der Waals surface area contributed by atoms with E-state index < -0.39 is 36.9 Å². The monoisotopic (exact) mass is 522 g/mol. The number of nitrogens with zero attached hydrogens (tertiary/aromatic N) is 1. The number of hydrogen-bond acceptors (Lipinski definition) is 4. The molecule has 9 heteroatoms. The Morgan fingerprint density at radius 1 is 0.895 bits per heavy atom. The molecule has 1 unspecified atom stereocenters. The maximum Gasteiger partial charge on any atom is 0.407 e. The van der Waals surface area contributed by atoms with Gasteiger partial charge in [0.05, 0.1) is 6.42 Å². The van der Waals surface area contributed by atoms with Crippen molar-refractivity contribution in [2.75, 3.05) is 13.2 Å². The number of carbonyl (C=O) groups excluding carboxylic acids is 2. The third-order valence-corrected chi connectivity index (χ3v) is 6.47. The lowest BCUT2D eigenvalue weighted by molar-refractivity contribution is -0.139. The number of amides is 2. The molecule has 38 heavy (non-hydrogen) atoms. The minimum atomic E-state index is -2.88. The van der Waals surface area contributed by atoms with Crippen LogP contribution in [0.15, 0.2) is 78.9 Å². The number of ether oxygens (including phenoxy) is 1. The molecular formula is C29H28F2N2O5. The van der Waals surface area contributed by atoms with Gasteiger partial charge >= 0.3 is 12.1 Å². The van der Waals surface area contributed by atoms with Crippen molar-refractivity contribution in [3.63, 3.8) is 0 Å². The van der Waals surface area contributed by atoms with Crippen molar-refractivity contribution in [1.29, 1.82) is 0 Å². The van der Waals surface area contributed by atoms with Crippen molar-refractivity contribution in [1.82, 2.24) is 10.2 Å². The van der Waals surface area contributed by atoms with Crippen LogP contribution in [0.1, 0.15) is 35.4 Å². The first kappa shape index (κ1) is 26.8. The van der Waals surface area contributed by atoms with Gasteiger partial charge in [-0.05, 0) is 27.8 Å². The van der Waals surface area contributed by atoms with Gasteiger partial charge in [0.25, 0.3) is 0 Å². The van der Waals surface area contributed by atoms with Gasteiger partial charge in [-0.25, -0.2) is 13.6 Å². The molecule has 0 aromatic heterocycles. The number of hydrogen-bond donors (Lipinski definition) is 2. The molecule has 0 fully saturated rings. The summed E-state index contributed by atoms with van der Waals surface area (Å²) in [5.74, 6) is -2.17.